The maximum atomic E-state index is 9.00. The third-order valence-electron chi connectivity index (χ3n) is 1.57. The van der Waals surface area contributed by atoms with Crippen LogP contribution in [0.4, 0.5) is 0 Å². The molecule has 0 aromatic carbocycles. The summed E-state index contributed by atoms with van der Waals surface area (Å²) in [5.74, 6) is 0. The molecule has 94 valence electrons. The van der Waals surface area contributed by atoms with Gasteiger partial charge in [-0.2, -0.15) is 0 Å². The number of rotatable bonds is 6. The molecule has 0 aromatic rings. The van der Waals surface area contributed by atoms with Gasteiger partial charge in [0.25, 0.3) is 0 Å². The maximum Gasteiger partial charge on any atom is 0.0779 e. The highest BCUT2D eigenvalue weighted by Gasteiger charge is 2.03. The summed E-state index contributed by atoms with van der Waals surface area (Å²) in [5.41, 5.74) is 0. The summed E-state index contributed by atoms with van der Waals surface area (Å²) in [7, 11) is 0. The first-order valence-electron chi connectivity index (χ1n) is 5.17. The molecule has 0 spiro atoms. The lowest BCUT2D eigenvalue weighted by molar-refractivity contribution is -0.0239. The molecule has 0 aliphatic heterocycles. The molecule has 0 saturated carbocycles. The predicted octanol–water partition coefficient (Wildman–Crippen LogP) is -0.486. The molecule has 0 heterocycles. The third kappa shape index (κ3) is 16.5. The monoisotopic (exact) mass is 224 g/mol. The molecule has 3 atom stereocenters. The van der Waals surface area contributed by atoms with Crippen LogP contribution in [0.25, 0.3) is 0 Å². The number of hydrogen-bond acceptors (Lipinski definition) is 5. The van der Waals surface area contributed by atoms with Crippen molar-refractivity contribution in [1.29, 1.82) is 0 Å². The van der Waals surface area contributed by atoms with E-state index in [2.05, 4.69) is 0 Å². The van der Waals surface area contributed by atoms with Gasteiger partial charge in [0.05, 0.1) is 38.1 Å². The second kappa shape index (κ2) is 11.9. The number of ether oxygens (including phenoxy) is 1. The maximum absolute atomic E-state index is 9.00. The lowest BCUT2D eigenvalue weighted by Gasteiger charge is -2.12. The van der Waals surface area contributed by atoms with E-state index in [-0.39, 0.29) is 19.3 Å². The van der Waals surface area contributed by atoms with Gasteiger partial charge in [-0.25, -0.2) is 0 Å². The van der Waals surface area contributed by atoms with Crippen LogP contribution in [0.2, 0.25) is 0 Å². The first kappa shape index (κ1) is 17.2. The van der Waals surface area contributed by atoms with E-state index in [9.17, 15) is 0 Å². The minimum Gasteiger partial charge on any atom is -0.394 e. The predicted molar refractivity (Wildman–Crippen MR) is 57.6 cm³/mol. The summed E-state index contributed by atoms with van der Waals surface area (Å²) in [5, 5.41) is 33.5. The summed E-state index contributed by atoms with van der Waals surface area (Å²) in [4.78, 5) is 0. The summed E-state index contributed by atoms with van der Waals surface area (Å²) in [6, 6.07) is 0. The molecule has 0 aromatic heterocycles. The lowest BCUT2D eigenvalue weighted by atomic mass is 10.3. The minimum atomic E-state index is -0.560. The van der Waals surface area contributed by atoms with Crippen molar-refractivity contribution in [2.24, 2.45) is 0 Å². The van der Waals surface area contributed by atoms with Crippen LogP contribution in [0.15, 0.2) is 0 Å². The Morgan fingerprint density at radius 3 is 1.80 bits per heavy atom. The molecule has 4 N–H and O–H groups in total. The van der Waals surface area contributed by atoms with E-state index in [1.165, 1.54) is 6.92 Å². The van der Waals surface area contributed by atoms with Crippen molar-refractivity contribution < 1.29 is 25.2 Å². The zero-order chi connectivity index (χ0) is 12.3. The molecule has 0 saturated heterocycles. The molecule has 15 heavy (non-hydrogen) atoms. The van der Waals surface area contributed by atoms with Crippen LogP contribution in [-0.2, 0) is 4.74 Å². The normalized spacial score (nSPS) is 16.2. The Labute approximate surface area is 91.3 Å². The molecule has 0 aliphatic rings. The zero-order valence-corrected chi connectivity index (χ0v) is 9.76. The fourth-order valence-corrected chi connectivity index (χ4v) is 0.446. The van der Waals surface area contributed by atoms with E-state index in [0.29, 0.717) is 13.0 Å². The Morgan fingerprint density at radius 2 is 1.53 bits per heavy atom. The van der Waals surface area contributed by atoms with E-state index in [1.807, 2.05) is 6.92 Å². The Morgan fingerprint density at radius 1 is 1.07 bits per heavy atom. The lowest BCUT2D eigenvalue weighted by Crippen LogP contribution is -2.21. The van der Waals surface area contributed by atoms with Gasteiger partial charge in [-0.1, -0.05) is 6.92 Å². The van der Waals surface area contributed by atoms with Gasteiger partial charge in [-0.3, -0.25) is 0 Å². The van der Waals surface area contributed by atoms with Crippen molar-refractivity contribution in [3.8, 4) is 0 Å². The summed E-state index contributed by atoms with van der Waals surface area (Å²) in [6.45, 7) is 5.37. The van der Waals surface area contributed by atoms with Gasteiger partial charge in [-0.15, -0.1) is 0 Å². The first-order chi connectivity index (χ1) is 6.97. The second-order valence-corrected chi connectivity index (χ2v) is 3.42. The molecular weight excluding hydrogens is 200 g/mol. The average molecular weight is 224 g/mol. The molecule has 0 rings (SSSR count). The molecule has 0 amide bonds. The van der Waals surface area contributed by atoms with Crippen molar-refractivity contribution in [2.45, 2.75) is 45.5 Å². The van der Waals surface area contributed by atoms with Gasteiger partial charge >= 0.3 is 0 Å². The van der Waals surface area contributed by atoms with Gasteiger partial charge in [0, 0.05) is 0 Å². The molecule has 0 fully saturated rings. The average Bonchev–Trinajstić information content (AvgIpc) is 2.25. The summed E-state index contributed by atoms with van der Waals surface area (Å²) in [6.07, 6.45) is -0.428. The van der Waals surface area contributed by atoms with Gasteiger partial charge in [0.2, 0.25) is 0 Å². The van der Waals surface area contributed by atoms with Crippen LogP contribution in [0.1, 0.15) is 27.2 Å². The van der Waals surface area contributed by atoms with Gasteiger partial charge < -0.3 is 25.2 Å². The van der Waals surface area contributed by atoms with Crippen LogP contribution in [0.3, 0.4) is 0 Å². The van der Waals surface area contributed by atoms with Crippen LogP contribution in [0, 0.1) is 0 Å². The van der Waals surface area contributed by atoms with E-state index < -0.39 is 12.2 Å². The van der Waals surface area contributed by atoms with Crippen LogP contribution in [-0.4, -0.2) is 58.6 Å². The van der Waals surface area contributed by atoms with Gasteiger partial charge in [0.1, 0.15) is 0 Å². The smallest absolute Gasteiger partial charge is 0.0779 e. The standard InChI is InChI=1S/C7H16O3.C3H8O2/c1-3-7(9)5-10-6(2)4-8;1-3(5)2-4/h6-9H,3-5H2,1-2H3;3-5H,2H2,1H3. The fourth-order valence-electron chi connectivity index (χ4n) is 0.446. The highest BCUT2D eigenvalue weighted by molar-refractivity contribution is 4.51. The molecule has 5 heteroatoms. The molecule has 3 unspecified atom stereocenters. The quantitative estimate of drug-likeness (QED) is 0.489. The highest BCUT2D eigenvalue weighted by atomic mass is 16.5. The second-order valence-electron chi connectivity index (χ2n) is 3.42. The van der Waals surface area contributed by atoms with Crippen LogP contribution in [0.5, 0.6) is 0 Å². The summed E-state index contributed by atoms with van der Waals surface area (Å²) >= 11 is 0. The van der Waals surface area contributed by atoms with E-state index >= 15 is 0 Å². The molecular formula is C10H24O5. The Hall–Kier alpha value is -0.200. The van der Waals surface area contributed by atoms with E-state index in [4.69, 9.17) is 25.2 Å². The highest BCUT2D eigenvalue weighted by Crippen LogP contribution is 1.94. The number of aliphatic hydroxyl groups is 4. The molecule has 5 nitrogen and oxygen atoms in total. The Kier molecular flexibility index (Phi) is 13.6. The minimum absolute atomic E-state index is 0.0104. The molecule has 0 bridgehead atoms. The van der Waals surface area contributed by atoms with Crippen molar-refractivity contribution in [1.82, 2.24) is 0 Å². The molecule has 0 aliphatic carbocycles. The fraction of sp³-hybridized carbons (Fsp3) is 1.00. The Bertz CT molecular complexity index is 108. The zero-order valence-electron chi connectivity index (χ0n) is 9.76. The number of aliphatic hydroxyl groups excluding tert-OH is 4. The van der Waals surface area contributed by atoms with E-state index in [0.717, 1.165) is 0 Å². The summed E-state index contributed by atoms with van der Waals surface area (Å²) < 4.78 is 5.04. The number of hydrogen-bond donors (Lipinski definition) is 4. The van der Waals surface area contributed by atoms with Crippen molar-refractivity contribution in [3.05, 3.63) is 0 Å². The van der Waals surface area contributed by atoms with Crippen molar-refractivity contribution >= 4 is 0 Å². The first-order valence-corrected chi connectivity index (χ1v) is 5.17. The van der Waals surface area contributed by atoms with Crippen molar-refractivity contribution in [3.63, 3.8) is 0 Å². The topological polar surface area (TPSA) is 90.2 Å². The van der Waals surface area contributed by atoms with Crippen LogP contribution < -0.4 is 0 Å². The van der Waals surface area contributed by atoms with Crippen molar-refractivity contribution in [2.75, 3.05) is 19.8 Å². The largest absolute Gasteiger partial charge is 0.394 e. The Balaban J connectivity index is 0. The molecule has 0 radical (unpaired) electrons. The van der Waals surface area contributed by atoms with Gasteiger partial charge in [0.15, 0.2) is 0 Å². The van der Waals surface area contributed by atoms with Gasteiger partial charge in [-0.05, 0) is 20.3 Å². The SMILES string of the molecule is CC(O)CO.CCC(O)COC(C)CO. The van der Waals surface area contributed by atoms with Crippen LogP contribution >= 0.6 is 0 Å². The van der Waals surface area contributed by atoms with E-state index in [1.54, 1.807) is 6.92 Å². The third-order valence-corrected chi connectivity index (χ3v) is 1.57.